The second-order valence-corrected chi connectivity index (χ2v) is 0.671. The first-order valence-electron chi connectivity index (χ1n) is 1.64. The fraction of sp³-hybridized carbons (Fsp3) is 0. The Morgan fingerprint density at radius 1 is 0.538 bits per heavy atom. The van der Waals surface area contributed by atoms with E-state index in [4.69, 9.17) is 46.0 Å². The number of hydrogen-bond acceptors (Lipinski definition) is 9. The molecule has 0 atom stereocenters. The van der Waals surface area contributed by atoms with Gasteiger partial charge in [0.2, 0.25) is 0 Å². The summed E-state index contributed by atoms with van der Waals surface area (Å²) in [5.41, 5.74) is 0. The van der Waals surface area contributed by atoms with E-state index in [1.807, 2.05) is 0 Å². The molecule has 0 aliphatic rings. The summed E-state index contributed by atoms with van der Waals surface area (Å²) in [5.74, 6) is 0. The van der Waals surface area contributed by atoms with Crippen molar-refractivity contribution < 1.29 is 15.3 Å². The van der Waals surface area contributed by atoms with Gasteiger partial charge in [0, 0.05) is 0 Å². The minimum atomic E-state index is -1.75. The summed E-state index contributed by atoms with van der Waals surface area (Å²) in [4.78, 5) is 24.8. The van der Waals surface area contributed by atoms with E-state index in [1.54, 1.807) is 0 Å². The number of nitrogens with zero attached hydrogens (tertiary/aromatic N) is 3. The molecule has 0 aliphatic carbocycles. The zero-order valence-electron chi connectivity index (χ0n) is 5.52. The van der Waals surface area contributed by atoms with Crippen molar-refractivity contribution in [3.8, 4) is 0 Å². The topological polar surface area (TPSA) is 199 Å². The smallest absolute Gasteiger partial charge is 0.356 e. The Kier molecular flexibility index (Phi) is 28.3. The van der Waals surface area contributed by atoms with E-state index < -0.39 is 15.3 Å². The van der Waals surface area contributed by atoms with Crippen molar-refractivity contribution in [1.29, 1.82) is 0 Å². The minimum Gasteiger partial charge on any atom is -0.356 e. The maximum atomic E-state index is 8.25. The predicted molar refractivity (Wildman–Crippen MR) is 36.8 cm³/mol. The summed E-state index contributed by atoms with van der Waals surface area (Å²) >= 11 is 0. The van der Waals surface area contributed by atoms with Crippen LogP contribution in [0.5, 0.6) is 0 Å². The van der Waals surface area contributed by atoms with Gasteiger partial charge in [0.25, 0.3) is 0 Å². The third-order valence-corrected chi connectivity index (χ3v) is 0. The maximum Gasteiger partial charge on any atom is 3.00 e. The summed E-state index contributed by atoms with van der Waals surface area (Å²) in [6, 6.07) is 0. The number of rotatable bonds is 0. The molecule has 0 unspecified atom stereocenters. The van der Waals surface area contributed by atoms with Crippen LogP contribution in [-0.2, 0) is 0 Å². The SMILES string of the molecule is O=[N+]([O-])[O-].O=[N+]([O-])[O-].O=[N+]([O-])[O-].[Si+3]. The van der Waals surface area contributed by atoms with Crippen LogP contribution in [0.15, 0.2) is 0 Å². The van der Waals surface area contributed by atoms with Crippen LogP contribution < -0.4 is 0 Å². The van der Waals surface area contributed by atoms with Gasteiger partial charge in [-0.15, -0.1) is 0 Å². The molecule has 0 bridgehead atoms. The van der Waals surface area contributed by atoms with Gasteiger partial charge in [0.15, 0.2) is 0 Å². The maximum absolute atomic E-state index is 8.25. The zero-order valence-corrected chi connectivity index (χ0v) is 6.52. The molecule has 0 aromatic heterocycles. The van der Waals surface area contributed by atoms with Gasteiger partial charge in [-0.3, -0.25) is 0 Å². The molecule has 0 fully saturated rings. The van der Waals surface area contributed by atoms with E-state index in [1.165, 1.54) is 0 Å². The van der Waals surface area contributed by atoms with E-state index in [0.717, 1.165) is 0 Å². The van der Waals surface area contributed by atoms with E-state index in [0.29, 0.717) is 0 Å². The summed E-state index contributed by atoms with van der Waals surface area (Å²) in [7, 11) is 0. The first-order chi connectivity index (χ1) is 5.20. The average Bonchev–Trinajstić information content (AvgIpc) is 1.54. The molecule has 0 saturated carbocycles. The average molecular weight is 214 g/mol. The Bertz CT molecular complexity index is 112. The van der Waals surface area contributed by atoms with Crippen molar-refractivity contribution >= 4 is 11.0 Å². The predicted octanol–water partition coefficient (Wildman–Crippen LogP) is -1.10. The Morgan fingerprint density at radius 3 is 0.538 bits per heavy atom. The van der Waals surface area contributed by atoms with Gasteiger partial charge < -0.3 is 46.0 Å². The van der Waals surface area contributed by atoms with Crippen molar-refractivity contribution in [3.05, 3.63) is 46.0 Å². The van der Waals surface area contributed by atoms with Crippen LogP contribution in [0.25, 0.3) is 0 Å². The van der Waals surface area contributed by atoms with Gasteiger partial charge in [-0.1, -0.05) is 0 Å². The first-order valence-corrected chi connectivity index (χ1v) is 1.64. The largest absolute Gasteiger partial charge is 3.00 e. The van der Waals surface area contributed by atoms with Crippen molar-refractivity contribution in [1.82, 2.24) is 0 Å². The van der Waals surface area contributed by atoms with Crippen molar-refractivity contribution in [3.63, 3.8) is 0 Å². The second-order valence-electron chi connectivity index (χ2n) is 0.671. The van der Waals surface area contributed by atoms with Gasteiger partial charge in [-0.2, -0.15) is 0 Å². The molecule has 0 heterocycles. The Morgan fingerprint density at radius 2 is 0.538 bits per heavy atom. The molecule has 1 radical (unpaired) electrons. The Labute approximate surface area is 73.4 Å². The standard InChI is InChI=1S/3NO3.Si/c3*2-1(3)4;/q3*-1;+3. The molecule has 12 nitrogen and oxygen atoms in total. The van der Waals surface area contributed by atoms with E-state index in [2.05, 4.69) is 0 Å². The van der Waals surface area contributed by atoms with Crippen LogP contribution in [0, 0.1) is 46.0 Å². The zero-order chi connectivity index (χ0) is 10.7. The molecule has 13 heavy (non-hydrogen) atoms. The quantitative estimate of drug-likeness (QED) is 0.272. The molecular weight excluding hydrogens is 214 g/mol. The third-order valence-electron chi connectivity index (χ3n) is 0. The molecule has 73 valence electrons. The van der Waals surface area contributed by atoms with Crippen LogP contribution in [0.3, 0.4) is 0 Å². The molecule has 0 saturated heterocycles. The Balaban J connectivity index is -0.0000000450. The fourth-order valence-electron chi connectivity index (χ4n) is 0. The van der Waals surface area contributed by atoms with Gasteiger partial charge in [-0.05, 0) is 0 Å². The Hall–Kier alpha value is -2.18. The van der Waals surface area contributed by atoms with E-state index in [9.17, 15) is 0 Å². The monoisotopic (exact) mass is 214 g/mol. The number of hydrogen-bond donors (Lipinski definition) is 0. The molecule has 0 spiro atoms. The molecule has 0 aliphatic heterocycles. The summed E-state index contributed by atoms with van der Waals surface area (Å²) in [6.45, 7) is 0. The van der Waals surface area contributed by atoms with Crippen molar-refractivity contribution in [2.24, 2.45) is 0 Å². The minimum absolute atomic E-state index is 0. The second kappa shape index (κ2) is 16.4. The molecule has 0 aromatic rings. The van der Waals surface area contributed by atoms with Crippen molar-refractivity contribution in [2.75, 3.05) is 0 Å². The molecular formula is N3O9Si. The summed E-state index contributed by atoms with van der Waals surface area (Å²) < 4.78 is 0. The molecule has 0 amide bonds. The van der Waals surface area contributed by atoms with Gasteiger partial charge >= 0.3 is 11.0 Å². The van der Waals surface area contributed by atoms with Gasteiger partial charge in [-0.25, -0.2) is 0 Å². The first kappa shape index (κ1) is 22.4. The summed E-state index contributed by atoms with van der Waals surface area (Å²) in [6.07, 6.45) is 0. The van der Waals surface area contributed by atoms with Crippen LogP contribution in [0.1, 0.15) is 0 Å². The molecule has 0 aromatic carbocycles. The van der Waals surface area contributed by atoms with Crippen LogP contribution in [0.2, 0.25) is 0 Å². The van der Waals surface area contributed by atoms with E-state index in [-0.39, 0.29) is 11.0 Å². The van der Waals surface area contributed by atoms with Crippen LogP contribution >= 0.6 is 0 Å². The fourth-order valence-corrected chi connectivity index (χ4v) is 0. The third kappa shape index (κ3) is 126. The van der Waals surface area contributed by atoms with Crippen molar-refractivity contribution in [2.45, 2.75) is 0 Å². The van der Waals surface area contributed by atoms with Crippen LogP contribution in [0.4, 0.5) is 0 Å². The normalized spacial score (nSPS) is 5.54. The molecule has 0 N–H and O–H groups in total. The van der Waals surface area contributed by atoms with Gasteiger partial charge in [0.1, 0.15) is 0 Å². The molecule has 13 heteroatoms. The van der Waals surface area contributed by atoms with E-state index >= 15 is 0 Å². The van der Waals surface area contributed by atoms with Crippen LogP contribution in [-0.4, -0.2) is 26.2 Å². The van der Waals surface area contributed by atoms with Gasteiger partial charge in [0.05, 0.1) is 15.3 Å². The summed E-state index contributed by atoms with van der Waals surface area (Å²) in [5, 5.41) is 44.2. The molecule has 0 rings (SSSR count).